The first kappa shape index (κ1) is 89.1. The molecule has 2 unspecified atom stereocenters. The van der Waals surface area contributed by atoms with Gasteiger partial charge in [0.05, 0.1) is 26.4 Å². The van der Waals surface area contributed by atoms with Gasteiger partial charge in [-0.2, -0.15) is 0 Å². The highest BCUT2D eigenvalue weighted by atomic mass is 31.2. The van der Waals surface area contributed by atoms with Gasteiger partial charge < -0.3 is 33.8 Å². The second-order valence-corrected chi connectivity index (χ2v) is 29.4. The van der Waals surface area contributed by atoms with Crippen LogP contribution >= 0.6 is 15.6 Å². The Labute approximate surface area is 556 Å². The number of rotatable bonds is 72. The molecule has 540 valence electrons. The molecule has 0 aromatic heterocycles. The fraction of sp³-hybridized carbons (Fsp3) is 0.944. The Kier molecular flexibility index (Phi) is 64.0. The van der Waals surface area contributed by atoms with E-state index in [4.69, 9.17) is 37.0 Å². The first-order valence-corrected chi connectivity index (χ1v) is 40.6. The van der Waals surface area contributed by atoms with E-state index in [1.165, 1.54) is 199 Å². The fourth-order valence-electron chi connectivity index (χ4n) is 11.0. The fourth-order valence-corrected chi connectivity index (χ4v) is 12.6. The van der Waals surface area contributed by atoms with E-state index in [1.54, 1.807) is 0 Å². The van der Waals surface area contributed by atoms with Crippen LogP contribution in [0.2, 0.25) is 0 Å². The zero-order valence-corrected chi connectivity index (χ0v) is 60.8. The van der Waals surface area contributed by atoms with E-state index in [0.29, 0.717) is 25.7 Å². The summed E-state index contributed by atoms with van der Waals surface area (Å²) in [5.74, 6) is -1.40. The standard InChI is InChI=1S/C72H140O17P2/c1-6-9-12-15-18-21-23-25-26-27-28-29-30-31-33-36-42-47-52-57-71(76)88-67(62-83-70(75)56-51-46-41-35-32-24-22-19-16-13-10-7-2)63-86-90(78,79)84-59-66(73)60-85-91(80,81)87-64-68(61-82-69(74)55-50-45-40-34-20-17-14-11-8-3)89-72(77)58-53-48-43-38-37-39-44-49-54-65(4)5/h65-68,73H,6-64H2,1-5H3,(H,78,79)(H,80,81)/t66-,67-,68-/m1/s1. The summed E-state index contributed by atoms with van der Waals surface area (Å²) in [4.78, 5) is 72.5. The zero-order valence-electron chi connectivity index (χ0n) is 59.0. The van der Waals surface area contributed by atoms with Crippen molar-refractivity contribution in [1.82, 2.24) is 0 Å². The summed E-state index contributed by atoms with van der Waals surface area (Å²) < 4.78 is 68.3. The van der Waals surface area contributed by atoms with E-state index in [-0.39, 0.29) is 25.7 Å². The number of aliphatic hydroxyl groups excluding tert-OH is 1. The van der Waals surface area contributed by atoms with Crippen molar-refractivity contribution in [3.63, 3.8) is 0 Å². The van der Waals surface area contributed by atoms with Crippen LogP contribution in [0.5, 0.6) is 0 Å². The van der Waals surface area contributed by atoms with Crippen molar-refractivity contribution in [2.24, 2.45) is 5.92 Å². The molecule has 0 rings (SSSR count). The van der Waals surface area contributed by atoms with Crippen LogP contribution in [0.25, 0.3) is 0 Å². The molecule has 0 saturated carbocycles. The van der Waals surface area contributed by atoms with Gasteiger partial charge in [0.25, 0.3) is 0 Å². The van der Waals surface area contributed by atoms with E-state index in [0.717, 1.165) is 95.8 Å². The highest BCUT2D eigenvalue weighted by Gasteiger charge is 2.30. The molecule has 0 bridgehead atoms. The van der Waals surface area contributed by atoms with Gasteiger partial charge in [0, 0.05) is 25.7 Å². The summed E-state index contributed by atoms with van der Waals surface area (Å²) in [5, 5.41) is 10.6. The molecule has 5 atom stereocenters. The molecule has 0 amide bonds. The predicted molar refractivity (Wildman–Crippen MR) is 368 cm³/mol. The Morgan fingerprint density at radius 2 is 0.505 bits per heavy atom. The molecule has 0 radical (unpaired) electrons. The minimum atomic E-state index is -4.95. The Bertz CT molecular complexity index is 1750. The van der Waals surface area contributed by atoms with Crippen molar-refractivity contribution in [1.29, 1.82) is 0 Å². The van der Waals surface area contributed by atoms with Gasteiger partial charge in [-0.3, -0.25) is 37.3 Å². The second-order valence-electron chi connectivity index (χ2n) is 26.5. The third-order valence-corrected chi connectivity index (χ3v) is 18.7. The number of hydrogen-bond acceptors (Lipinski definition) is 15. The zero-order chi connectivity index (χ0) is 67.0. The summed E-state index contributed by atoms with van der Waals surface area (Å²) in [6, 6.07) is 0. The summed E-state index contributed by atoms with van der Waals surface area (Å²) in [6.07, 6.45) is 52.8. The second kappa shape index (κ2) is 65.4. The molecular weight excluding hydrogens is 1200 g/mol. The summed E-state index contributed by atoms with van der Waals surface area (Å²) >= 11 is 0. The van der Waals surface area contributed by atoms with Crippen LogP contribution in [0.1, 0.15) is 375 Å². The molecule has 3 N–H and O–H groups in total. The lowest BCUT2D eigenvalue weighted by atomic mass is 10.0. The van der Waals surface area contributed by atoms with Crippen LogP contribution in [0.3, 0.4) is 0 Å². The topological polar surface area (TPSA) is 237 Å². The largest absolute Gasteiger partial charge is 0.472 e. The van der Waals surface area contributed by atoms with Crippen molar-refractivity contribution in [2.45, 2.75) is 393 Å². The molecule has 17 nitrogen and oxygen atoms in total. The van der Waals surface area contributed by atoms with Crippen molar-refractivity contribution < 1.29 is 80.2 Å². The molecule has 0 aromatic rings. The van der Waals surface area contributed by atoms with Gasteiger partial charge in [0.1, 0.15) is 19.3 Å². The number of aliphatic hydroxyl groups is 1. The number of ether oxygens (including phenoxy) is 4. The molecule has 91 heavy (non-hydrogen) atoms. The maximum Gasteiger partial charge on any atom is 0.472 e. The lowest BCUT2D eigenvalue weighted by Gasteiger charge is -2.21. The Morgan fingerprint density at radius 1 is 0.297 bits per heavy atom. The number of esters is 4. The number of carbonyl (C=O) groups is 4. The highest BCUT2D eigenvalue weighted by Crippen LogP contribution is 2.45. The van der Waals surface area contributed by atoms with Crippen LogP contribution in [-0.4, -0.2) is 96.7 Å². The lowest BCUT2D eigenvalue weighted by molar-refractivity contribution is -0.161. The molecule has 0 fully saturated rings. The summed E-state index contributed by atoms with van der Waals surface area (Å²) in [5.41, 5.74) is 0. The Balaban J connectivity index is 5.20. The highest BCUT2D eigenvalue weighted by molar-refractivity contribution is 7.47. The third kappa shape index (κ3) is 66.5. The number of phosphoric acid groups is 2. The summed E-state index contributed by atoms with van der Waals surface area (Å²) in [7, 11) is -9.90. The van der Waals surface area contributed by atoms with Crippen LogP contribution < -0.4 is 0 Å². The van der Waals surface area contributed by atoms with Crippen molar-refractivity contribution in [3.8, 4) is 0 Å². The van der Waals surface area contributed by atoms with Gasteiger partial charge in [0.2, 0.25) is 0 Å². The SMILES string of the molecule is CCCCCCCCCCCCCCCCCCCCCC(=O)O[C@H](COC(=O)CCCCCCCCCCCCCC)COP(=O)(O)OC[C@@H](O)COP(=O)(O)OC[C@@H](COC(=O)CCCCCCCCCCC)OC(=O)CCCCCCCCCCC(C)C. The first-order chi connectivity index (χ1) is 44.0. The van der Waals surface area contributed by atoms with Crippen molar-refractivity contribution in [3.05, 3.63) is 0 Å². The van der Waals surface area contributed by atoms with Gasteiger partial charge >= 0.3 is 39.5 Å². The van der Waals surface area contributed by atoms with Crippen LogP contribution in [0, 0.1) is 5.92 Å². The van der Waals surface area contributed by atoms with E-state index in [2.05, 4.69) is 34.6 Å². The van der Waals surface area contributed by atoms with Crippen molar-refractivity contribution >= 4 is 39.5 Å². The van der Waals surface area contributed by atoms with E-state index < -0.39 is 97.5 Å². The molecule has 0 aliphatic heterocycles. The average molecular weight is 1340 g/mol. The molecule has 0 heterocycles. The first-order valence-electron chi connectivity index (χ1n) is 37.6. The van der Waals surface area contributed by atoms with E-state index in [9.17, 15) is 43.2 Å². The normalized spacial score (nSPS) is 14.0. The number of hydrogen-bond donors (Lipinski definition) is 3. The quantitative estimate of drug-likeness (QED) is 0.0222. The maximum atomic E-state index is 13.0. The Hall–Kier alpha value is -1.94. The maximum absolute atomic E-state index is 13.0. The van der Waals surface area contributed by atoms with Crippen molar-refractivity contribution in [2.75, 3.05) is 39.6 Å². The lowest BCUT2D eigenvalue weighted by Crippen LogP contribution is -2.30. The summed E-state index contributed by atoms with van der Waals surface area (Å²) in [6.45, 7) is 7.20. The molecule has 19 heteroatoms. The average Bonchev–Trinajstić information content (AvgIpc) is 3.70. The number of carbonyl (C=O) groups excluding carboxylic acids is 4. The van der Waals surface area contributed by atoms with E-state index in [1.807, 2.05) is 0 Å². The smallest absolute Gasteiger partial charge is 0.462 e. The Morgan fingerprint density at radius 3 is 0.747 bits per heavy atom. The van der Waals surface area contributed by atoms with Crippen LogP contribution in [0.15, 0.2) is 0 Å². The number of unbranched alkanes of at least 4 members (excludes halogenated alkanes) is 44. The minimum absolute atomic E-state index is 0.105. The molecule has 0 spiro atoms. The molecule has 0 aromatic carbocycles. The molecular formula is C72H140O17P2. The van der Waals surface area contributed by atoms with Crippen LogP contribution in [0.4, 0.5) is 0 Å². The third-order valence-electron chi connectivity index (χ3n) is 16.8. The van der Waals surface area contributed by atoms with Gasteiger partial charge in [-0.15, -0.1) is 0 Å². The predicted octanol–water partition coefficient (Wildman–Crippen LogP) is 20.9. The number of phosphoric ester groups is 2. The van der Waals surface area contributed by atoms with E-state index >= 15 is 0 Å². The van der Waals surface area contributed by atoms with Gasteiger partial charge in [-0.25, -0.2) is 9.13 Å². The van der Waals surface area contributed by atoms with Gasteiger partial charge in [-0.05, 0) is 31.6 Å². The van der Waals surface area contributed by atoms with Gasteiger partial charge in [0.15, 0.2) is 12.2 Å². The minimum Gasteiger partial charge on any atom is -0.462 e. The molecule has 0 saturated heterocycles. The van der Waals surface area contributed by atoms with Gasteiger partial charge in [-0.1, -0.05) is 324 Å². The van der Waals surface area contributed by atoms with Crippen LogP contribution in [-0.2, 0) is 65.4 Å². The molecule has 0 aliphatic rings. The monoisotopic (exact) mass is 1340 g/mol. The molecule has 0 aliphatic carbocycles.